The lowest BCUT2D eigenvalue weighted by Crippen LogP contribution is -2.44. The summed E-state index contributed by atoms with van der Waals surface area (Å²) in [5.74, 6) is -5.06. The maximum atomic E-state index is 11.7. The van der Waals surface area contributed by atoms with E-state index in [4.69, 9.17) is 18.9 Å². The van der Waals surface area contributed by atoms with Crippen LogP contribution in [0.25, 0.3) is 0 Å². The van der Waals surface area contributed by atoms with Crippen LogP contribution in [0.1, 0.15) is 6.92 Å². The van der Waals surface area contributed by atoms with Crippen LogP contribution >= 0.6 is 0 Å². The molecule has 28 heavy (non-hydrogen) atoms. The van der Waals surface area contributed by atoms with E-state index in [9.17, 15) is 24.0 Å². The van der Waals surface area contributed by atoms with Crippen LogP contribution in [-0.4, -0.2) is 62.9 Å². The number of carbonyl (C=O) groups is 5. The summed E-state index contributed by atoms with van der Waals surface area (Å²) in [6.45, 7) is 9.05. The minimum Gasteiger partial charge on any atom is -0.462 e. The maximum Gasteiger partial charge on any atom is 0.417 e. The largest absolute Gasteiger partial charge is 0.462 e. The van der Waals surface area contributed by atoms with Crippen LogP contribution in [0.15, 0.2) is 38.0 Å². The first-order valence-electron chi connectivity index (χ1n) is 7.95. The Morgan fingerprint density at radius 2 is 0.964 bits per heavy atom. The van der Waals surface area contributed by atoms with Crippen molar-refractivity contribution in [1.82, 2.24) is 0 Å². The first-order valence-corrected chi connectivity index (χ1v) is 7.95. The lowest BCUT2D eigenvalue weighted by molar-refractivity contribution is -0.176. The molecule has 0 amide bonds. The van der Waals surface area contributed by atoms with Gasteiger partial charge in [-0.15, -0.1) is 0 Å². The third-order valence-electron chi connectivity index (χ3n) is 3.01. The van der Waals surface area contributed by atoms with Crippen LogP contribution in [0.3, 0.4) is 0 Å². The zero-order chi connectivity index (χ0) is 21.6. The zero-order valence-electron chi connectivity index (χ0n) is 15.5. The molecule has 0 atom stereocenters. The van der Waals surface area contributed by atoms with Gasteiger partial charge in [0.25, 0.3) is 0 Å². The van der Waals surface area contributed by atoms with Crippen molar-refractivity contribution < 1.29 is 47.7 Å². The van der Waals surface area contributed by atoms with Crippen LogP contribution in [0.2, 0.25) is 0 Å². The average molecular weight is 398 g/mol. The Morgan fingerprint density at radius 1 is 0.643 bits per heavy atom. The molecule has 0 radical (unpaired) electrons. The van der Waals surface area contributed by atoms with Gasteiger partial charge in [0.15, 0.2) is 0 Å². The van der Waals surface area contributed by atoms with Crippen molar-refractivity contribution >= 4 is 29.8 Å². The number of hydrogen-bond acceptors (Lipinski definition) is 10. The summed E-state index contributed by atoms with van der Waals surface area (Å²) in [5.41, 5.74) is -1.52. The van der Waals surface area contributed by atoms with E-state index in [-0.39, 0.29) is 6.61 Å². The van der Waals surface area contributed by atoms with Gasteiger partial charge in [0.2, 0.25) is 0 Å². The Morgan fingerprint density at radius 3 is 1.29 bits per heavy atom. The van der Waals surface area contributed by atoms with E-state index < -0.39 is 61.7 Å². The molecule has 0 rings (SSSR count). The molecule has 10 nitrogen and oxygen atoms in total. The second-order valence-electron chi connectivity index (χ2n) is 5.23. The van der Waals surface area contributed by atoms with Crippen LogP contribution in [0.5, 0.6) is 0 Å². The molecule has 0 aromatic carbocycles. The van der Waals surface area contributed by atoms with E-state index >= 15 is 0 Å². The van der Waals surface area contributed by atoms with E-state index in [1.165, 1.54) is 6.92 Å². The van der Waals surface area contributed by atoms with Crippen molar-refractivity contribution in [2.24, 2.45) is 5.41 Å². The van der Waals surface area contributed by atoms with Crippen molar-refractivity contribution in [2.45, 2.75) is 6.92 Å². The SMILES string of the molecule is C=CC(=O)OCC(COC(=O)C=C)(COC(=O)C=C)COC(=O)C(=O)OCC. The molecule has 0 aromatic heterocycles. The molecule has 0 aliphatic heterocycles. The highest BCUT2D eigenvalue weighted by atomic mass is 16.6. The van der Waals surface area contributed by atoms with Crippen molar-refractivity contribution in [3.63, 3.8) is 0 Å². The lowest BCUT2D eigenvalue weighted by Gasteiger charge is -2.30. The molecule has 10 heteroatoms. The van der Waals surface area contributed by atoms with Gasteiger partial charge in [-0.1, -0.05) is 19.7 Å². The molecule has 0 fully saturated rings. The second-order valence-corrected chi connectivity index (χ2v) is 5.23. The van der Waals surface area contributed by atoms with Crippen molar-refractivity contribution in [3.8, 4) is 0 Å². The number of hydrogen-bond donors (Lipinski definition) is 0. The predicted octanol–water partition coefficient (Wildman–Crippen LogP) is 0.267. The molecule has 0 saturated heterocycles. The van der Waals surface area contributed by atoms with Gasteiger partial charge in [0.1, 0.15) is 31.8 Å². The van der Waals surface area contributed by atoms with Crippen LogP contribution in [0.4, 0.5) is 0 Å². The highest BCUT2D eigenvalue weighted by Crippen LogP contribution is 2.21. The summed E-state index contributed by atoms with van der Waals surface area (Å²) in [6, 6.07) is 0. The summed E-state index contributed by atoms with van der Waals surface area (Å²) < 4.78 is 24.2. The maximum absolute atomic E-state index is 11.7. The molecule has 154 valence electrons. The fourth-order valence-corrected chi connectivity index (χ4v) is 1.57. The molecular weight excluding hydrogens is 376 g/mol. The van der Waals surface area contributed by atoms with Crippen molar-refractivity contribution in [1.29, 1.82) is 0 Å². The van der Waals surface area contributed by atoms with Gasteiger partial charge in [-0.2, -0.15) is 0 Å². The smallest absolute Gasteiger partial charge is 0.417 e. The van der Waals surface area contributed by atoms with Gasteiger partial charge < -0.3 is 23.7 Å². The molecular formula is C18H22O10. The van der Waals surface area contributed by atoms with Crippen molar-refractivity contribution in [3.05, 3.63) is 38.0 Å². The third-order valence-corrected chi connectivity index (χ3v) is 3.01. The number of carbonyl (C=O) groups excluding carboxylic acids is 5. The molecule has 0 N–H and O–H groups in total. The summed E-state index contributed by atoms with van der Waals surface area (Å²) in [4.78, 5) is 57.3. The average Bonchev–Trinajstić information content (AvgIpc) is 2.71. The fraction of sp³-hybridized carbons (Fsp3) is 0.389. The Bertz CT molecular complexity index is 574. The number of rotatable bonds is 12. The number of ether oxygens (including phenoxy) is 5. The lowest BCUT2D eigenvalue weighted by atomic mass is 9.92. The normalized spacial score (nSPS) is 10.0. The van der Waals surface area contributed by atoms with Gasteiger partial charge in [0, 0.05) is 18.2 Å². The zero-order valence-corrected chi connectivity index (χ0v) is 15.5. The molecule has 0 saturated carbocycles. The molecule has 0 aliphatic carbocycles. The number of esters is 5. The third kappa shape index (κ3) is 9.32. The molecule has 0 bridgehead atoms. The Balaban J connectivity index is 5.48. The highest BCUT2D eigenvalue weighted by molar-refractivity contribution is 6.29. The summed E-state index contributed by atoms with van der Waals surface area (Å²) in [5, 5.41) is 0. The van der Waals surface area contributed by atoms with E-state index in [1.54, 1.807) is 0 Å². The quantitative estimate of drug-likeness (QED) is 0.195. The minimum absolute atomic E-state index is 0.0517. The monoisotopic (exact) mass is 398 g/mol. The Labute approximate surface area is 161 Å². The molecule has 0 aromatic rings. The first kappa shape index (κ1) is 24.6. The van der Waals surface area contributed by atoms with Gasteiger partial charge in [0.05, 0.1) is 6.61 Å². The second kappa shape index (κ2) is 12.8. The van der Waals surface area contributed by atoms with Gasteiger partial charge in [-0.05, 0) is 6.92 Å². The summed E-state index contributed by atoms with van der Waals surface area (Å²) in [6.07, 6.45) is 2.63. The van der Waals surface area contributed by atoms with Crippen LogP contribution in [0, 0.1) is 5.41 Å². The summed E-state index contributed by atoms with van der Waals surface area (Å²) >= 11 is 0. The van der Waals surface area contributed by atoms with E-state index in [0.717, 1.165) is 18.2 Å². The first-order chi connectivity index (χ1) is 13.2. The Hall–Kier alpha value is -3.43. The van der Waals surface area contributed by atoms with Gasteiger partial charge >= 0.3 is 29.8 Å². The molecule has 0 heterocycles. The topological polar surface area (TPSA) is 132 Å². The van der Waals surface area contributed by atoms with Crippen LogP contribution in [-0.2, 0) is 47.7 Å². The van der Waals surface area contributed by atoms with E-state index in [1.807, 2.05) is 0 Å². The molecule has 0 spiro atoms. The Kier molecular flexibility index (Phi) is 11.3. The van der Waals surface area contributed by atoms with E-state index in [0.29, 0.717) is 0 Å². The minimum atomic E-state index is -1.52. The molecule has 0 unspecified atom stereocenters. The van der Waals surface area contributed by atoms with Crippen LogP contribution < -0.4 is 0 Å². The predicted molar refractivity (Wildman–Crippen MR) is 93.5 cm³/mol. The van der Waals surface area contributed by atoms with Gasteiger partial charge in [-0.25, -0.2) is 24.0 Å². The standard InChI is InChI=1S/C18H22O10/c1-5-13(19)25-9-18(10-26-14(20)6-2,11-27-15(21)7-3)12-28-17(23)16(22)24-8-4/h5-7H,1-3,8-12H2,4H3. The summed E-state index contributed by atoms with van der Waals surface area (Å²) in [7, 11) is 0. The fourth-order valence-electron chi connectivity index (χ4n) is 1.57. The molecule has 0 aliphatic rings. The van der Waals surface area contributed by atoms with Crippen molar-refractivity contribution in [2.75, 3.05) is 33.0 Å². The highest BCUT2D eigenvalue weighted by Gasteiger charge is 2.38. The van der Waals surface area contributed by atoms with E-state index in [2.05, 4.69) is 24.5 Å². The van der Waals surface area contributed by atoms with Gasteiger partial charge in [-0.3, -0.25) is 0 Å².